The number of hydrogen-bond acceptors (Lipinski definition) is 4. The van der Waals surface area contributed by atoms with E-state index in [1.54, 1.807) is 7.11 Å². The molecule has 3 atom stereocenters. The van der Waals surface area contributed by atoms with Crippen LogP contribution in [-0.4, -0.2) is 59.5 Å². The number of nitrogens with zero attached hydrogens (tertiary/aromatic N) is 3. The maximum absolute atomic E-state index is 13.5. The lowest BCUT2D eigenvalue weighted by atomic mass is 9.75. The minimum atomic E-state index is 0.0813. The van der Waals surface area contributed by atoms with Crippen LogP contribution in [0.2, 0.25) is 0 Å². The standard InChI is InChI=1S/C23H27N3O2/c1-15-5-3-8-20(24-15)23(27)26-14-19(17-6-4-7-18(13-17)28-2)22-21(26)16-9-11-25(22)12-10-16/h3-8,13,16,19,21-22H,9-12,14H2,1-2H3/t19-,21+,22+/m1/s1. The van der Waals surface area contributed by atoms with E-state index >= 15 is 0 Å². The van der Waals surface area contributed by atoms with Crippen LogP contribution in [0.1, 0.15) is 40.5 Å². The van der Waals surface area contributed by atoms with E-state index < -0.39 is 0 Å². The van der Waals surface area contributed by atoms with Gasteiger partial charge in [-0.2, -0.15) is 0 Å². The number of benzene rings is 1. The summed E-state index contributed by atoms with van der Waals surface area (Å²) in [5.41, 5.74) is 2.73. The molecule has 0 spiro atoms. The molecule has 2 aromatic rings. The summed E-state index contributed by atoms with van der Waals surface area (Å²) in [6, 6.07) is 14.8. The number of ether oxygens (including phenoxy) is 1. The number of likely N-dealkylation sites (tertiary alicyclic amines) is 1. The highest BCUT2D eigenvalue weighted by molar-refractivity contribution is 5.93. The molecule has 6 rings (SSSR count). The van der Waals surface area contributed by atoms with E-state index in [-0.39, 0.29) is 11.9 Å². The van der Waals surface area contributed by atoms with Crippen LogP contribution >= 0.6 is 0 Å². The van der Waals surface area contributed by atoms with Crippen molar-refractivity contribution in [3.63, 3.8) is 0 Å². The number of fused-ring (bicyclic) bond motifs is 2. The zero-order chi connectivity index (χ0) is 19.3. The van der Waals surface area contributed by atoms with Crippen LogP contribution in [0.25, 0.3) is 0 Å². The van der Waals surface area contributed by atoms with Crippen molar-refractivity contribution in [2.75, 3.05) is 26.7 Å². The van der Waals surface area contributed by atoms with Crippen molar-refractivity contribution < 1.29 is 9.53 Å². The summed E-state index contributed by atoms with van der Waals surface area (Å²) < 4.78 is 5.47. The molecule has 0 N–H and O–H groups in total. The zero-order valence-electron chi connectivity index (χ0n) is 16.5. The Morgan fingerprint density at radius 3 is 2.64 bits per heavy atom. The first kappa shape index (κ1) is 17.7. The van der Waals surface area contributed by atoms with Gasteiger partial charge in [-0.1, -0.05) is 18.2 Å². The molecule has 0 unspecified atom stereocenters. The Hall–Kier alpha value is -2.40. The Labute approximate surface area is 166 Å². The quantitative estimate of drug-likeness (QED) is 0.825. The Kier molecular flexibility index (Phi) is 4.35. The molecule has 4 fully saturated rings. The largest absolute Gasteiger partial charge is 0.497 e. The van der Waals surface area contributed by atoms with Gasteiger partial charge >= 0.3 is 0 Å². The van der Waals surface area contributed by atoms with Crippen molar-refractivity contribution in [2.45, 2.75) is 37.8 Å². The number of methoxy groups -OCH3 is 1. The zero-order valence-corrected chi connectivity index (χ0v) is 16.5. The lowest BCUT2D eigenvalue weighted by Crippen LogP contribution is -2.60. The number of rotatable bonds is 3. The van der Waals surface area contributed by atoms with E-state index in [1.807, 2.05) is 31.2 Å². The fraction of sp³-hybridized carbons (Fsp3) is 0.478. The number of aromatic nitrogens is 1. The van der Waals surface area contributed by atoms with E-state index in [9.17, 15) is 4.79 Å². The number of carbonyl (C=O) groups is 1. The van der Waals surface area contributed by atoms with Gasteiger partial charge in [-0.15, -0.1) is 0 Å². The van der Waals surface area contributed by atoms with Gasteiger partial charge in [0.15, 0.2) is 0 Å². The normalized spacial score (nSPS) is 30.9. The topological polar surface area (TPSA) is 45.7 Å². The summed E-state index contributed by atoms with van der Waals surface area (Å²) in [5, 5.41) is 0. The van der Waals surface area contributed by atoms with Gasteiger partial charge in [0.2, 0.25) is 0 Å². The molecule has 1 aromatic heterocycles. The lowest BCUT2D eigenvalue weighted by Gasteiger charge is -2.51. The van der Waals surface area contributed by atoms with Crippen LogP contribution in [0.5, 0.6) is 5.75 Å². The minimum absolute atomic E-state index is 0.0813. The minimum Gasteiger partial charge on any atom is -0.497 e. The van der Waals surface area contributed by atoms with Gasteiger partial charge < -0.3 is 9.64 Å². The first-order chi connectivity index (χ1) is 13.7. The van der Waals surface area contributed by atoms with Gasteiger partial charge in [-0.25, -0.2) is 4.98 Å². The van der Waals surface area contributed by atoms with E-state index in [0.717, 1.165) is 31.1 Å². The molecule has 146 valence electrons. The van der Waals surface area contributed by atoms with E-state index in [4.69, 9.17) is 4.74 Å². The van der Waals surface area contributed by atoms with Crippen molar-refractivity contribution in [1.82, 2.24) is 14.8 Å². The number of hydrogen-bond donors (Lipinski definition) is 0. The van der Waals surface area contributed by atoms with Crippen molar-refractivity contribution in [3.05, 3.63) is 59.4 Å². The van der Waals surface area contributed by atoms with Crippen LogP contribution < -0.4 is 4.74 Å². The van der Waals surface area contributed by atoms with Gasteiger partial charge in [0, 0.05) is 24.2 Å². The van der Waals surface area contributed by atoms with Gasteiger partial charge in [-0.3, -0.25) is 9.69 Å². The molecule has 5 heteroatoms. The Morgan fingerprint density at radius 2 is 1.89 bits per heavy atom. The van der Waals surface area contributed by atoms with Crippen molar-refractivity contribution in [3.8, 4) is 5.75 Å². The van der Waals surface area contributed by atoms with Gasteiger partial charge in [-0.05, 0) is 68.6 Å². The highest BCUT2D eigenvalue weighted by Crippen LogP contribution is 2.47. The van der Waals surface area contributed by atoms with Gasteiger partial charge in [0.05, 0.1) is 13.2 Å². The first-order valence-electron chi connectivity index (χ1n) is 10.3. The van der Waals surface area contributed by atoms with Crippen molar-refractivity contribution in [1.29, 1.82) is 0 Å². The van der Waals surface area contributed by atoms with Crippen LogP contribution in [-0.2, 0) is 0 Å². The summed E-state index contributed by atoms with van der Waals surface area (Å²) in [4.78, 5) is 22.7. The average Bonchev–Trinajstić information content (AvgIpc) is 3.17. The number of amides is 1. The molecule has 4 aliphatic rings. The Bertz CT molecular complexity index is 891. The highest BCUT2D eigenvalue weighted by atomic mass is 16.5. The molecule has 0 aliphatic carbocycles. The fourth-order valence-corrected chi connectivity index (χ4v) is 5.63. The second-order valence-corrected chi connectivity index (χ2v) is 8.36. The third-order valence-corrected chi connectivity index (χ3v) is 6.88. The maximum Gasteiger partial charge on any atom is 0.272 e. The first-order valence-corrected chi connectivity index (χ1v) is 10.3. The highest BCUT2D eigenvalue weighted by Gasteiger charge is 2.54. The average molecular weight is 377 g/mol. The predicted octanol–water partition coefficient (Wildman–Crippen LogP) is 3.10. The number of piperidine rings is 3. The summed E-state index contributed by atoms with van der Waals surface area (Å²) in [5.74, 6) is 1.88. The fourth-order valence-electron chi connectivity index (χ4n) is 5.63. The Balaban J connectivity index is 1.53. The third kappa shape index (κ3) is 2.80. The van der Waals surface area contributed by atoms with Crippen LogP contribution in [0, 0.1) is 12.8 Å². The van der Waals surface area contributed by atoms with Gasteiger partial charge in [0.25, 0.3) is 5.91 Å². The number of carbonyl (C=O) groups excluding carboxylic acids is 1. The van der Waals surface area contributed by atoms with Crippen molar-refractivity contribution in [2.24, 2.45) is 5.92 Å². The molecule has 2 bridgehead atoms. The molecule has 4 saturated heterocycles. The molecule has 1 aromatic carbocycles. The smallest absolute Gasteiger partial charge is 0.272 e. The molecule has 0 saturated carbocycles. The third-order valence-electron chi connectivity index (χ3n) is 6.88. The summed E-state index contributed by atoms with van der Waals surface area (Å²) in [6.45, 7) is 4.99. The number of aryl methyl sites for hydroxylation is 1. The van der Waals surface area contributed by atoms with E-state index in [1.165, 1.54) is 18.4 Å². The van der Waals surface area contributed by atoms with E-state index in [2.05, 4.69) is 33.0 Å². The van der Waals surface area contributed by atoms with E-state index in [0.29, 0.717) is 23.6 Å². The SMILES string of the molecule is COc1cccc([C@H]2CN(C(=O)c3cccc(C)n3)[C@H]3C4CCN(CC4)[C@@H]23)c1. The molecule has 28 heavy (non-hydrogen) atoms. The predicted molar refractivity (Wildman–Crippen MR) is 108 cm³/mol. The summed E-state index contributed by atoms with van der Waals surface area (Å²) in [6.07, 6.45) is 2.38. The second kappa shape index (κ2) is 6.89. The summed E-state index contributed by atoms with van der Waals surface area (Å²) >= 11 is 0. The molecule has 5 heterocycles. The monoisotopic (exact) mass is 377 g/mol. The molecule has 5 nitrogen and oxygen atoms in total. The summed E-state index contributed by atoms with van der Waals surface area (Å²) in [7, 11) is 1.71. The molecular formula is C23H27N3O2. The second-order valence-electron chi connectivity index (χ2n) is 8.36. The Morgan fingerprint density at radius 1 is 1.11 bits per heavy atom. The maximum atomic E-state index is 13.5. The molecule has 4 aliphatic heterocycles. The lowest BCUT2D eigenvalue weighted by molar-refractivity contribution is -0.00359. The van der Waals surface area contributed by atoms with Crippen LogP contribution in [0.3, 0.4) is 0 Å². The number of pyridine rings is 1. The van der Waals surface area contributed by atoms with Crippen LogP contribution in [0.4, 0.5) is 0 Å². The molecular weight excluding hydrogens is 350 g/mol. The molecule has 1 amide bonds. The van der Waals surface area contributed by atoms with Gasteiger partial charge in [0.1, 0.15) is 11.4 Å². The molecule has 0 radical (unpaired) electrons. The van der Waals surface area contributed by atoms with Crippen molar-refractivity contribution >= 4 is 5.91 Å². The van der Waals surface area contributed by atoms with Crippen LogP contribution in [0.15, 0.2) is 42.5 Å².